The van der Waals surface area contributed by atoms with Crippen LogP contribution in [-0.2, 0) is 11.2 Å². The molecule has 3 heterocycles. The Hall–Kier alpha value is -1.70. The molecule has 0 spiro atoms. The second-order valence-electron chi connectivity index (χ2n) is 7.89. The van der Waals surface area contributed by atoms with Gasteiger partial charge in [-0.05, 0) is 45.4 Å². The van der Waals surface area contributed by atoms with E-state index >= 15 is 0 Å². The highest BCUT2D eigenvalue weighted by molar-refractivity contribution is 5.67. The topological polar surface area (TPSA) is 69.1 Å². The Balaban J connectivity index is 1.43. The molecule has 0 radical (unpaired) electrons. The molecule has 156 valence electrons. The van der Waals surface area contributed by atoms with Crippen molar-refractivity contribution in [3.63, 3.8) is 0 Å². The number of carbonyl (C=O) groups is 1. The number of aromatic nitrogens is 1. The van der Waals surface area contributed by atoms with Crippen LogP contribution in [0.25, 0.3) is 0 Å². The van der Waals surface area contributed by atoms with Crippen LogP contribution < -0.4 is 0 Å². The molecule has 2 atom stereocenters. The third kappa shape index (κ3) is 5.43. The van der Waals surface area contributed by atoms with Gasteiger partial charge in [0.15, 0.2) is 0 Å². The molecule has 28 heavy (non-hydrogen) atoms. The van der Waals surface area contributed by atoms with Crippen molar-refractivity contribution in [3.8, 4) is 0 Å². The first-order valence-corrected chi connectivity index (χ1v) is 10.5. The number of ether oxygens (including phenoxy) is 1. The van der Waals surface area contributed by atoms with E-state index in [-0.39, 0.29) is 18.2 Å². The number of rotatable bonds is 6. The zero-order chi connectivity index (χ0) is 19.9. The summed E-state index contributed by atoms with van der Waals surface area (Å²) in [5.41, 5.74) is 1.09. The summed E-state index contributed by atoms with van der Waals surface area (Å²) in [6, 6.07) is 6.64. The smallest absolute Gasteiger partial charge is 0.409 e. The molecule has 0 aromatic carbocycles. The zero-order valence-corrected chi connectivity index (χ0v) is 17.2. The standard InChI is InChI=1S/C21H34N4O3/c1-3-28-21(27)24-13-8-18(9-14-24)25-15-10-19(20(26)16-25)23(2)12-7-17-6-4-5-11-22-17/h4-6,11,18-20,26H,3,7-10,12-16H2,1-2H3/t19-,20-/m1/s1. The lowest BCUT2D eigenvalue weighted by Crippen LogP contribution is -2.57. The molecular formula is C21H34N4O3. The summed E-state index contributed by atoms with van der Waals surface area (Å²) < 4.78 is 5.10. The molecule has 2 fully saturated rings. The second kappa shape index (κ2) is 10.2. The van der Waals surface area contributed by atoms with E-state index in [1.807, 2.05) is 25.3 Å². The molecule has 0 bridgehead atoms. The third-order valence-corrected chi connectivity index (χ3v) is 6.10. The SMILES string of the molecule is CCOC(=O)N1CCC(N2CC[C@@H](N(C)CCc3ccccn3)[C@H](O)C2)CC1. The Bertz CT molecular complexity index is 607. The minimum absolute atomic E-state index is 0.194. The van der Waals surface area contributed by atoms with E-state index < -0.39 is 0 Å². The van der Waals surface area contributed by atoms with Gasteiger partial charge in [0.25, 0.3) is 0 Å². The van der Waals surface area contributed by atoms with E-state index in [1.54, 1.807) is 4.90 Å². The van der Waals surface area contributed by atoms with Crippen molar-refractivity contribution >= 4 is 6.09 Å². The van der Waals surface area contributed by atoms with Gasteiger partial charge in [-0.2, -0.15) is 0 Å². The van der Waals surface area contributed by atoms with E-state index in [4.69, 9.17) is 4.74 Å². The Morgan fingerprint density at radius 2 is 2.07 bits per heavy atom. The summed E-state index contributed by atoms with van der Waals surface area (Å²) in [6.07, 6.45) is 5.06. The highest BCUT2D eigenvalue weighted by Gasteiger charge is 2.35. The van der Waals surface area contributed by atoms with E-state index in [2.05, 4.69) is 27.9 Å². The molecule has 1 amide bonds. The molecule has 1 N–H and O–H groups in total. The quantitative estimate of drug-likeness (QED) is 0.796. The average molecular weight is 391 g/mol. The van der Waals surface area contributed by atoms with Gasteiger partial charge in [-0.25, -0.2) is 4.79 Å². The summed E-state index contributed by atoms with van der Waals surface area (Å²) in [4.78, 5) is 22.7. The Morgan fingerprint density at radius 1 is 1.29 bits per heavy atom. The van der Waals surface area contributed by atoms with Crippen molar-refractivity contribution < 1.29 is 14.6 Å². The van der Waals surface area contributed by atoms with Crippen molar-refractivity contribution in [3.05, 3.63) is 30.1 Å². The fourth-order valence-electron chi connectivity index (χ4n) is 4.42. The first-order chi connectivity index (χ1) is 13.6. The summed E-state index contributed by atoms with van der Waals surface area (Å²) in [5, 5.41) is 10.8. The molecule has 1 aromatic rings. The highest BCUT2D eigenvalue weighted by Crippen LogP contribution is 2.23. The lowest BCUT2D eigenvalue weighted by atomic mass is 9.95. The molecule has 3 rings (SSSR count). The van der Waals surface area contributed by atoms with E-state index in [9.17, 15) is 9.90 Å². The van der Waals surface area contributed by atoms with Gasteiger partial charge in [0.1, 0.15) is 0 Å². The second-order valence-corrected chi connectivity index (χ2v) is 7.89. The molecular weight excluding hydrogens is 356 g/mol. The number of pyridine rings is 1. The molecule has 2 aliphatic heterocycles. The highest BCUT2D eigenvalue weighted by atomic mass is 16.6. The lowest BCUT2D eigenvalue weighted by molar-refractivity contribution is -0.0270. The maximum absolute atomic E-state index is 11.9. The molecule has 2 saturated heterocycles. The minimum Gasteiger partial charge on any atom is -0.450 e. The predicted molar refractivity (Wildman–Crippen MR) is 108 cm³/mol. The minimum atomic E-state index is -0.342. The van der Waals surface area contributed by atoms with Crippen LogP contribution in [0.2, 0.25) is 0 Å². The van der Waals surface area contributed by atoms with Crippen LogP contribution in [-0.4, -0.2) is 95.4 Å². The fourth-order valence-corrected chi connectivity index (χ4v) is 4.42. The fraction of sp³-hybridized carbons (Fsp3) is 0.714. The zero-order valence-electron chi connectivity index (χ0n) is 17.2. The number of nitrogens with zero attached hydrogens (tertiary/aromatic N) is 4. The molecule has 1 aromatic heterocycles. The van der Waals surface area contributed by atoms with Crippen molar-refractivity contribution in [2.24, 2.45) is 0 Å². The maximum Gasteiger partial charge on any atom is 0.409 e. The number of hydrogen-bond donors (Lipinski definition) is 1. The van der Waals surface area contributed by atoms with Crippen LogP contribution in [0.5, 0.6) is 0 Å². The summed E-state index contributed by atoms with van der Waals surface area (Å²) in [7, 11) is 2.10. The van der Waals surface area contributed by atoms with Gasteiger partial charge < -0.3 is 19.6 Å². The van der Waals surface area contributed by atoms with Crippen molar-refractivity contribution in [1.29, 1.82) is 0 Å². The number of β-amino-alcohol motifs (C(OH)–C–C–N with tert-alkyl or cyclic N) is 1. The summed E-state index contributed by atoms with van der Waals surface area (Å²) in [6.45, 7) is 6.35. The number of likely N-dealkylation sites (N-methyl/N-ethyl adjacent to an activating group) is 1. The van der Waals surface area contributed by atoms with Gasteiger partial charge in [0.05, 0.1) is 12.7 Å². The van der Waals surface area contributed by atoms with Gasteiger partial charge in [-0.3, -0.25) is 9.88 Å². The number of carbonyl (C=O) groups excluding carboxylic acids is 1. The molecule has 0 unspecified atom stereocenters. The molecule has 0 saturated carbocycles. The van der Waals surface area contributed by atoms with Crippen LogP contribution in [0.3, 0.4) is 0 Å². The maximum atomic E-state index is 11.9. The number of amides is 1. The Morgan fingerprint density at radius 3 is 2.71 bits per heavy atom. The van der Waals surface area contributed by atoms with Gasteiger partial charge in [0.2, 0.25) is 0 Å². The van der Waals surface area contributed by atoms with Gasteiger partial charge in [-0.15, -0.1) is 0 Å². The lowest BCUT2D eigenvalue weighted by Gasteiger charge is -2.45. The summed E-state index contributed by atoms with van der Waals surface area (Å²) >= 11 is 0. The van der Waals surface area contributed by atoms with Gasteiger partial charge in [0, 0.05) is 63.1 Å². The summed E-state index contributed by atoms with van der Waals surface area (Å²) in [5.74, 6) is 0. The van der Waals surface area contributed by atoms with Crippen molar-refractivity contribution in [1.82, 2.24) is 19.7 Å². The van der Waals surface area contributed by atoms with Crippen molar-refractivity contribution in [2.45, 2.75) is 50.8 Å². The third-order valence-electron chi connectivity index (χ3n) is 6.10. The van der Waals surface area contributed by atoms with Crippen LogP contribution in [0, 0.1) is 0 Å². The number of aliphatic hydroxyl groups is 1. The Labute approximate surface area is 168 Å². The van der Waals surface area contributed by atoms with Gasteiger partial charge >= 0.3 is 6.09 Å². The molecule has 7 heteroatoms. The molecule has 2 aliphatic rings. The Kier molecular flexibility index (Phi) is 7.65. The first-order valence-electron chi connectivity index (χ1n) is 10.5. The number of likely N-dealkylation sites (tertiary alicyclic amines) is 2. The van der Waals surface area contributed by atoms with Crippen LogP contribution in [0.4, 0.5) is 4.79 Å². The van der Waals surface area contributed by atoms with Crippen LogP contribution >= 0.6 is 0 Å². The number of piperidine rings is 2. The van der Waals surface area contributed by atoms with Gasteiger partial charge in [-0.1, -0.05) is 6.07 Å². The van der Waals surface area contributed by atoms with E-state index in [1.165, 1.54) is 0 Å². The van der Waals surface area contributed by atoms with Crippen molar-refractivity contribution in [2.75, 3.05) is 46.4 Å². The monoisotopic (exact) mass is 390 g/mol. The number of aliphatic hydroxyl groups excluding tert-OH is 1. The normalized spacial score (nSPS) is 24.5. The first kappa shape index (κ1) is 21.0. The number of hydrogen-bond acceptors (Lipinski definition) is 6. The average Bonchev–Trinajstić information content (AvgIpc) is 2.73. The van der Waals surface area contributed by atoms with Crippen LogP contribution in [0.1, 0.15) is 31.9 Å². The van der Waals surface area contributed by atoms with Crippen LogP contribution in [0.15, 0.2) is 24.4 Å². The molecule has 7 nitrogen and oxygen atoms in total. The largest absolute Gasteiger partial charge is 0.450 e. The van der Waals surface area contributed by atoms with E-state index in [0.29, 0.717) is 19.2 Å². The predicted octanol–water partition coefficient (Wildman–Crippen LogP) is 1.61. The molecule has 0 aliphatic carbocycles. The van der Waals surface area contributed by atoms with E-state index in [0.717, 1.165) is 57.6 Å².